The number of aryl methyl sites for hydroxylation is 2. The van der Waals surface area contributed by atoms with E-state index in [4.69, 9.17) is 11.6 Å². The normalized spacial score (nSPS) is 13.2. The van der Waals surface area contributed by atoms with Gasteiger partial charge < -0.3 is 0 Å². The Hall–Kier alpha value is -0.530. The second-order valence-corrected chi connectivity index (χ2v) is 4.72. The van der Waals surface area contributed by atoms with Crippen molar-refractivity contribution in [3.8, 4) is 0 Å². The summed E-state index contributed by atoms with van der Waals surface area (Å²) in [4.78, 5) is 2.28. The number of hydrogen-bond donors (Lipinski definition) is 0. The van der Waals surface area contributed by atoms with Gasteiger partial charge in [0.1, 0.15) is 0 Å². The van der Waals surface area contributed by atoms with Gasteiger partial charge in [0.15, 0.2) is 0 Å². The van der Waals surface area contributed by atoms with Crippen LogP contribution in [0.1, 0.15) is 23.6 Å². The smallest absolute Gasteiger partial charge is 0.0376 e. The molecule has 1 aromatic rings. The van der Waals surface area contributed by atoms with Crippen LogP contribution >= 0.6 is 11.6 Å². The molecule has 0 saturated carbocycles. The Morgan fingerprint density at radius 3 is 2.20 bits per heavy atom. The Balaban J connectivity index is 2.72. The van der Waals surface area contributed by atoms with Crippen molar-refractivity contribution in [3.05, 3.63) is 34.9 Å². The lowest BCUT2D eigenvalue weighted by Crippen LogP contribution is -2.29. The molecule has 0 aliphatic rings. The summed E-state index contributed by atoms with van der Waals surface area (Å²) in [6.45, 7) is 7.40. The highest BCUT2D eigenvalue weighted by atomic mass is 35.5. The minimum atomic E-state index is 0.424. The van der Waals surface area contributed by atoms with Crippen LogP contribution in [0.5, 0.6) is 0 Å². The first-order chi connectivity index (χ1) is 7.02. The fourth-order valence-corrected chi connectivity index (χ4v) is 1.96. The molecule has 84 valence electrons. The Kier molecular flexibility index (Phi) is 4.62. The lowest BCUT2D eigenvalue weighted by Gasteiger charge is -2.23. The summed E-state index contributed by atoms with van der Waals surface area (Å²) in [5, 5.41) is 0. The fraction of sp³-hybridized carbons (Fsp3) is 0.538. The molecule has 1 unspecified atom stereocenters. The Bertz CT molecular complexity index is 302. The SMILES string of the molecule is Cc1cc(C)cc(CN(C)C(C)CCl)c1. The van der Waals surface area contributed by atoms with Crippen molar-refractivity contribution in [3.63, 3.8) is 0 Å². The van der Waals surface area contributed by atoms with Gasteiger partial charge in [0.25, 0.3) is 0 Å². The Morgan fingerprint density at radius 1 is 1.20 bits per heavy atom. The van der Waals surface area contributed by atoms with E-state index in [0.29, 0.717) is 11.9 Å². The van der Waals surface area contributed by atoms with Gasteiger partial charge in [0, 0.05) is 18.5 Å². The maximum atomic E-state index is 5.83. The largest absolute Gasteiger partial charge is 0.298 e. The van der Waals surface area contributed by atoms with Crippen molar-refractivity contribution in [2.45, 2.75) is 33.4 Å². The van der Waals surface area contributed by atoms with E-state index in [0.717, 1.165) is 6.54 Å². The average Bonchev–Trinajstić information content (AvgIpc) is 2.14. The van der Waals surface area contributed by atoms with Gasteiger partial charge in [-0.3, -0.25) is 4.90 Å². The minimum Gasteiger partial charge on any atom is -0.298 e. The summed E-state index contributed by atoms with van der Waals surface area (Å²) in [5.74, 6) is 0.682. The molecule has 15 heavy (non-hydrogen) atoms. The van der Waals surface area contributed by atoms with E-state index in [1.54, 1.807) is 0 Å². The number of rotatable bonds is 4. The zero-order chi connectivity index (χ0) is 11.4. The van der Waals surface area contributed by atoms with Gasteiger partial charge in [0.05, 0.1) is 0 Å². The molecule has 0 bridgehead atoms. The Morgan fingerprint density at radius 2 is 1.73 bits per heavy atom. The van der Waals surface area contributed by atoms with Crippen molar-refractivity contribution in [2.75, 3.05) is 12.9 Å². The summed E-state index contributed by atoms with van der Waals surface area (Å²) < 4.78 is 0. The van der Waals surface area contributed by atoms with Crippen LogP contribution in [0.4, 0.5) is 0 Å². The van der Waals surface area contributed by atoms with Crippen LogP contribution in [0.25, 0.3) is 0 Å². The number of benzene rings is 1. The number of nitrogens with zero attached hydrogens (tertiary/aromatic N) is 1. The molecule has 0 spiro atoms. The van der Waals surface area contributed by atoms with Gasteiger partial charge in [-0.2, -0.15) is 0 Å². The molecule has 0 aliphatic carbocycles. The van der Waals surface area contributed by atoms with Gasteiger partial charge in [-0.25, -0.2) is 0 Å². The predicted molar refractivity (Wildman–Crippen MR) is 67.6 cm³/mol. The van der Waals surface area contributed by atoms with Crippen molar-refractivity contribution >= 4 is 11.6 Å². The maximum absolute atomic E-state index is 5.83. The summed E-state index contributed by atoms with van der Waals surface area (Å²) in [5.41, 5.74) is 4.03. The summed E-state index contributed by atoms with van der Waals surface area (Å²) in [6, 6.07) is 7.11. The molecule has 0 radical (unpaired) electrons. The molecular weight excluding hydrogens is 206 g/mol. The maximum Gasteiger partial charge on any atom is 0.0376 e. The number of hydrogen-bond acceptors (Lipinski definition) is 1. The molecule has 0 N–H and O–H groups in total. The molecule has 0 fully saturated rings. The molecule has 2 heteroatoms. The lowest BCUT2D eigenvalue weighted by atomic mass is 10.1. The van der Waals surface area contributed by atoms with Crippen molar-refractivity contribution in [2.24, 2.45) is 0 Å². The second-order valence-electron chi connectivity index (χ2n) is 4.41. The molecule has 0 saturated heterocycles. The zero-order valence-corrected chi connectivity index (χ0v) is 10.8. The molecule has 1 atom stereocenters. The van der Waals surface area contributed by atoms with E-state index in [1.807, 2.05) is 0 Å². The van der Waals surface area contributed by atoms with E-state index < -0.39 is 0 Å². The van der Waals surface area contributed by atoms with E-state index >= 15 is 0 Å². The van der Waals surface area contributed by atoms with Crippen molar-refractivity contribution in [1.82, 2.24) is 4.90 Å². The van der Waals surface area contributed by atoms with Gasteiger partial charge >= 0.3 is 0 Å². The molecule has 1 nitrogen and oxygen atoms in total. The highest BCUT2D eigenvalue weighted by molar-refractivity contribution is 6.18. The first kappa shape index (κ1) is 12.5. The van der Waals surface area contributed by atoms with Crippen molar-refractivity contribution in [1.29, 1.82) is 0 Å². The third-order valence-corrected chi connectivity index (χ3v) is 3.14. The standard InChI is InChI=1S/C13H20ClN/c1-10-5-11(2)7-13(6-10)9-15(4)12(3)8-14/h5-7,12H,8-9H2,1-4H3. The van der Waals surface area contributed by atoms with E-state index in [1.165, 1.54) is 16.7 Å². The van der Waals surface area contributed by atoms with E-state index in [-0.39, 0.29) is 0 Å². The monoisotopic (exact) mass is 225 g/mol. The van der Waals surface area contributed by atoms with Crippen LogP contribution in [0.15, 0.2) is 18.2 Å². The summed E-state index contributed by atoms with van der Waals surface area (Å²) in [6.07, 6.45) is 0. The van der Waals surface area contributed by atoms with Crippen molar-refractivity contribution < 1.29 is 0 Å². The molecule has 0 amide bonds. The number of alkyl halides is 1. The van der Waals surface area contributed by atoms with Gasteiger partial charge in [-0.05, 0) is 33.4 Å². The number of halogens is 1. The van der Waals surface area contributed by atoms with Crippen LogP contribution in [-0.4, -0.2) is 23.9 Å². The quantitative estimate of drug-likeness (QED) is 0.711. The highest BCUT2D eigenvalue weighted by Gasteiger charge is 2.08. The molecule has 1 aromatic carbocycles. The van der Waals surface area contributed by atoms with Gasteiger partial charge in [-0.15, -0.1) is 11.6 Å². The average molecular weight is 226 g/mol. The van der Waals surface area contributed by atoms with E-state index in [2.05, 4.69) is 50.9 Å². The minimum absolute atomic E-state index is 0.424. The molecule has 0 heterocycles. The molecular formula is C13H20ClN. The van der Waals surface area contributed by atoms with Gasteiger partial charge in [-0.1, -0.05) is 29.3 Å². The van der Waals surface area contributed by atoms with Crippen LogP contribution in [0, 0.1) is 13.8 Å². The zero-order valence-electron chi connectivity index (χ0n) is 10.0. The first-order valence-corrected chi connectivity index (χ1v) is 5.89. The molecule has 1 rings (SSSR count). The predicted octanol–water partition coefficient (Wildman–Crippen LogP) is 3.36. The first-order valence-electron chi connectivity index (χ1n) is 5.36. The summed E-state index contributed by atoms with van der Waals surface area (Å²) in [7, 11) is 2.12. The second kappa shape index (κ2) is 5.53. The third kappa shape index (κ3) is 3.84. The van der Waals surface area contributed by atoms with Gasteiger partial charge in [0.2, 0.25) is 0 Å². The third-order valence-electron chi connectivity index (χ3n) is 2.69. The topological polar surface area (TPSA) is 3.24 Å². The van der Waals surface area contributed by atoms with Crippen LogP contribution < -0.4 is 0 Å². The molecule has 0 aromatic heterocycles. The van der Waals surface area contributed by atoms with Crippen LogP contribution in [-0.2, 0) is 6.54 Å². The summed E-state index contributed by atoms with van der Waals surface area (Å²) >= 11 is 5.83. The van der Waals surface area contributed by atoms with Crippen LogP contribution in [0.2, 0.25) is 0 Å². The fourth-order valence-electron chi connectivity index (χ4n) is 1.72. The Labute approximate surface area is 98.0 Å². The lowest BCUT2D eigenvalue weighted by molar-refractivity contribution is 0.268. The highest BCUT2D eigenvalue weighted by Crippen LogP contribution is 2.12. The molecule has 0 aliphatic heterocycles. The van der Waals surface area contributed by atoms with Crippen LogP contribution in [0.3, 0.4) is 0 Å². The van der Waals surface area contributed by atoms with E-state index in [9.17, 15) is 0 Å².